The summed E-state index contributed by atoms with van der Waals surface area (Å²) >= 11 is 0. The normalized spacial score (nSPS) is 35.4. The first-order valence-corrected chi connectivity index (χ1v) is 9.72. The highest BCUT2D eigenvalue weighted by Gasteiger charge is 2.54. The Kier molecular flexibility index (Phi) is 4.74. The van der Waals surface area contributed by atoms with Crippen LogP contribution in [0.4, 0.5) is 0 Å². The van der Waals surface area contributed by atoms with Gasteiger partial charge in [0, 0.05) is 6.92 Å². The van der Waals surface area contributed by atoms with Crippen molar-refractivity contribution < 1.29 is 14.6 Å². The number of carbonyl (C=O) groups is 1. The Morgan fingerprint density at radius 3 is 2.68 bits per heavy atom. The van der Waals surface area contributed by atoms with Gasteiger partial charge in [-0.1, -0.05) is 33.3 Å². The number of aliphatic hydroxyl groups is 1. The molecule has 0 amide bonds. The van der Waals surface area contributed by atoms with Gasteiger partial charge in [0.05, 0.1) is 6.10 Å². The summed E-state index contributed by atoms with van der Waals surface area (Å²) in [7, 11) is 0. The lowest BCUT2D eigenvalue weighted by molar-refractivity contribution is -0.131. The SMILES string of the molecule is CCC1C2CCc3cc(OC(C)=O)ccc3C2(C)CCC1(C)C(C)O. The molecule has 0 bridgehead atoms. The maximum Gasteiger partial charge on any atom is 0.308 e. The van der Waals surface area contributed by atoms with Crippen LogP contribution in [0.2, 0.25) is 0 Å². The number of aliphatic hydroxyl groups excluding tert-OH is 1. The number of aryl methyl sites for hydroxylation is 1. The Hall–Kier alpha value is -1.35. The first-order valence-electron chi connectivity index (χ1n) is 9.72. The van der Waals surface area contributed by atoms with Crippen molar-refractivity contribution in [2.75, 3.05) is 0 Å². The summed E-state index contributed by atoms with van der Waals surface area (Å²) in [5, 5.41) is 10.5. The van der Waals surface area contributed by atoms with Gasteiger partial charge in [-0.15, -0.1) is 0 Å². The second kappa shape index (κ2) is 6.42. The quantitative estimate of drug-likeness (QED) is 0.642. The van der Waals surface area contributed by atoms with Crippen molar-refractivity contribution in [3.8, 4) is 5.75 Å². The number of hydrogen-bond acceptors (Lipinski definition) is 3. The van der Waals surface area contributed by atoms with Crippen molar-refractivity contribution in [3.05, 3.63) is 29.3 Å². The predicted octanol–water partition coefficient (Wildman–Crippen LogP) is 4.64. The molecule has 1 N–H and O–H groups in total. The Morgan fingerprint density at radius 1 is 1.36 bits per heavy atom. The Bertz CT molecular complexity index is 665. The van der Waals surface area contributed by atoms with Gasteiger partial charge < -0.3 is 9.84 Å². The van der Waals surface area contributed by atoms with Crippen molar-refractivity contribution in [3.63, 3.8) is 0 Å². The van der Waals surface area contributed by atoms with Gasteiger partial charge in [-0.3, -0.25) is 4.79 Å². The van der Waals surface area contributed by atoms with E-state index in [0.717, 1.165) is 32.1 Å². The van der Waals surface area contributed by atoms with Crippen LogP contribution in [0.5, 0.6) is 5.75 Å². The van der Waals surface area contributed by atoms with Crippen LogP contribution < -0.4 is 4.74 Å². The van der Waals surface area contributed by atoms with E-state index in [9.17, 15) is 9.90 Å². The summed E-state index contributed by atoms with van der Waals surface area (Å²) in [6.07, 6.45) is 5.18. The zero-order chi connectivity index (χ0) is 18.4. The van der Waals surface area contributed by atoms with Gasteiger partial charge in [-0.2, -0.15) is 0 Å². The first kappa shape index (κ1) is 18.4. The van der Waals surface area contributed by atoms with E-state index >= 15 is 0 Å². The van der Waals surface area contributed by atoms with Crippen LogP contribution in [0.15, 0.2) is 18.2 Å². The van der Waals surface area contributed by atoms with Crippen molar-refractivity contribution >= 4 is 5.97 Å². The van der Waals surface area contributed by atoms with Crippen LogP contribution >= 0.6 is 0 Å². The van der Waals surface area contributed by atoms with Crippen molar-refractivity contribution in [1.29, 1.82) is 0 Å². The third-order valence-corrected chi connectivity index (χ3v) is 7.41. The third kappa shape index (κ3) is 2.91. The van der Waals surface area contributed by atoms with E-state index in [1.54, 1.807) is 0 Å². The molecule has 25 heavy (non-hydrogen) atoms. The summed E-state index contributed by atoms with van der Waals surface area (Å²) < 4.78 is 5.28. The van der Waals surface area contributed by atoms with E-state index in [1.807, 2.05) is 13.0 Å². The zero-order valence-corrected chi connectivity index (χ0v) is 16.3. The molecule has 1 saturated carbocycles. The summed E-state index contributed by atoms with van der Waals surface area (Å²) in [5.41, 5.74) is 2.91. The molecule has 2 aliphatic carbocycles. The molecule has 3 heteroatoms. The third-order valence-electron chi connectivity index (χ3n) is 7.41. The minimum Gasteiger partial charge on any atom is -0.427 e. The second-order valence-corrected chi connectivity index (χ2v) is 8.67. The molecule has 0 spiro atoms. The molecular weight excluding hydrogens is 312 g/mol. The monoisotopic (exact) mass is 344 g/mol. The van der Waals surface area contributed by atoms with E-state index in [-0.39, 0.29) is 22.9 Å². The molecule has 1 aromatic carbocycles. The molecule has 2 aliphatic rings. The van der Waals surface area contributed by atoms with Gasteiger partial charge in [0.25, 0.3) is 0 Å². The molecule has 0 saturated heterocycles. The van der Waals surface area contributed by atoms with Gasteiger partial charge in [-0.25, -0.2) is 0 Å². The minimum absolute atomic E-state index is 0.00805. The van der Waals surface area contributed by atoms with Crippen LogP contribution in [0.3, 0.4) is 0 Å². The Labute approximate surface area is 151 Å². The number of benzene rings is 1. The van der Waals surface area contributed by atoms with Crippen molar-refractivity contribution in [1.82, 2.24) is 0 Å². The number of esters is 1. The van der Waals surface area contributed by atoms with Gasteiger partial charge in [0.1, 0.15) is 5.75 Å². The van der Waals surface area contributed by atoms with Crippen LogP contribution in [0, 0.1) is 17.3 Å². The predicted molar refractivity (Wildman–Crippen MR) is 99.7 cm³/mol. The topological polar surface area (TPSA) is 46.5 Å². The van der Waals surface area contributed by atoms with Gasteiger partial charge in [-0.05, 0) is 78.5 Å². The highest BCUT2D eigenvalue weighted by atomic mass is 16.5. The summed E-state index contributed by atoms with van der Waals surface area (Å²) in [4.78, 5) is 11.2. The molecule has 0 radical (unpaired) electrons. The smallest absolute Gasteiger partial charge is 0.308 e. The van der Waals surface area contributed by atoms with Gasteiger partial charge in [0.15, 0.2) is 0 Å². The molecule has 0 aliphatic heterocycles. The molecule has 5 atom stereocenters. The van der Waals surface area contributed by atoms with E-state index in [1.165, 1.54) is 18.1 Å². The number of hydrogen-bond donors (Lipinski definition) is 1. The molecule has 0 heterocycles. The Morgan fingerprint density at radius 2 is 2.08 bits per heavy atom. The molecule has 1 fully saturated rings. The average Bonchev–Trinajstić information content (AvgIpc) is 2.54. The number of fused-ring (bicyclic) bond motifs is 3. The lowest BCUT2D eigenvalue weighted by Gasteiger charge is -2.58. The van der Waals surface area contributed by atoms with E-state index < -0.39 is 0 Å². The zero-order valence-electron chi connectivity index (χ0n) is 16.3. The van der Waals surface area contributed by atoms with Crippen LogP contribution in [0.25, 0.3) is 0 Å². The lowest BCUT2D eigenvalue weighted by atomic mass is 9.47. The molecule has 5 unspecified atom stereocenters. The molecule has 3 nitrogen and oxygen atoms in total. The fourth-order valence-corrected chi connectivity index (χ4v) is 5.80. The fraction of sp³-hybridized carbons (Fsp3) is 0.682. The summed E-state index contributed by atoms with van der Waals surface area (Å²) in [6.45, 7) is 10.4. The molecule has 138 valence electrons. The Balaban J connectivity index is 1.99. The van der Waals surface area contributed by atoms with E-state index in [0.29, 0.717) is 17.6 Å². The molecule has 3 rings (SSSR count). The van der Waals surface area contributed by atoms with Crippen LogP contribution in [-0.4, -0.2) is 17.2 Å². The first-order chi connectivity index (χ1) is 11.7. The maximum absolute atomic E-state index is 11.2. The summed E-state index contributed by atoms with van der Waals surface area (Å²) in [5.74, 6) is 1.52. The number of carbonyl (C=O) groups excluding carboxylic acids is 1. The molecule has 1 aromatic rings. The average molecular weight is 344 g/mol. The highest BCUT2D eigenvalue weighted by Crippen LogP contribution is 2.59. The molecule has 0 aromatic heterocycles. The second-order valence-electron chi connectivity index (χ2n) is 8.67. The highest BCUT2D eigenvalue weighted by molar-refractivity contribution is 5.69. The minimum atomic E-state index is -0.269. The summed E-state index contributed by atoms with van der Waals surface area (Å²) in [6, 6.07) is 6.18. The van der Waals surface area contributed by atoms with Crippen LogP contribution in [0.1, 0.15) is 71.4 Å². The maximum atomic E-state index is 11.2. The van der Waals surface area contributed by atoms with Crippen LogP contribution in [-0.2, 0) is 16.6 Å². The van der Waals surface area contributed by atoms with Crippen molar-refractivity contribution in [2.24, 2.45) is 17.3 Å². The number of rotatable bonds is 3. The standard InChI is InChI=1S/C22H32O3/c1-6-18-20-9-7-16-13-17(25-15(3)24)8-10-19(16)22(20,5)12-11-21(18,4)14(2)23/h8,10,13-14,18,20,23H,6-7,9,11-12H2,1-5H3. The largest absolute Gasteiger partial charge is 0.427 e. The van der Waals surface area contributed by atoms with Crippen molar-refractivity contribution in [2.45, 2.75) is 78.2 Å². The fourth-order valence-electron chi connectivity index (χ4n) is 5.80. The van der Waals surface area contributed by atoms with Gasteiger partial charge in [0.2, 0.25) is 0 Å². The van der Waals surface area contributed by atoms with E-state index in [4.69, 9.17) is 4.74 Å². The molecular formula is C22H32O3. The van der Waals surface area contributed by atoms with Gasteiger partial charge >= 0.3 is 5.97 Å². The van der Waals surface area contributed by atoms with E-state index in [2.05, 4.69) is 32.9 Å². The lowest BCUT2D eigenvalue weighted by Crippen LogP contribution is -2.54. The number of ether oxygens (including phenoxy) is 1.